The van der Waals surface area contributed by atoms with E-state index in [1.807, 2.05) is 36.1 Å². The summed E-state index contributed by atoms with van der Waals surface area (Å²) in [6.07, 6.45) is 6.77. The van der Waals surface area contributed by atoms with Crippen LogP contribution in [0.5, 0.6) is 0 Å². The van der Waals surface area contributed by atoms with E-state index in [1.165, 1.54) is 37.7 Å². The Kier molecular flexibility index (Phi) is 7.05. The van der Waals surface area contributed by atoms with Gasteiger partial charge >= 0.3 is 0 Å². The van der Waals surface area contributed by atoms with Gasteiger partial charge in [0, 0.05) is 38.4 Å². The molecule has 2 amide bonds. The lowest BCUT2D eigenvalue weighted by molar-refractivity contribution is -0.135. The van der Waals surface area contributed by atoms with E-state index in [9.17, 15) is 9.59 Å². The van der Waals surface area contributed by atoms with E-state index in [0.717, 1.165) is 56.8 Å². The largest absolute Gasteiger partial charge is 0.339 e. The minimum absolute atomic E-state index is 0.00832. The number of anilines is 1. The summed E-state index contributed by atoms with van der Waals surface area (Å²) in [5.41, 5.74) is 2.01. The van der Waals surface area contributed by atoms with Crippen LogP contribution in [0, 0.1) is 18.8 Å². The molecule has 30 heavy (non-hydrogen) atoms. The average Bonchev–Trinajstić information content (AvgIpc) is 2.76. The van der Waals surface area contributed by atoms with Crippen molar-refractivity contribution < 1.29 is 9.59 Å². The zero-order valence-electron chi connectivity index (χ0n) is 18.3. The molecule has 0 unspecified atom stereocenters. The van der Waals surface area contributed by atoms with Crippen molar-refractivity contribution in [2.75, 3.05) is 57.7 Å². The number of rotatable bonds is 5. The van der Waals surface area contributed by atoms with Crippen LogP contribution in [0.4, 0.5) is 5.69 Å². The Hall–Kier alpha value is -1.92. The Labute approximate surface area is 180 Å². The molecule has 6 nitrogen and oxygen atoms in total. The standard InChI is InChI=1S/C24H36N4O2/c1-19-6-8-22(9-7-19)25-23(29)17-26-12-14-28(15-13-26)24(30)18-27-11-10-20-4-2-3-5-21(20)16-27/h6-9,20-21H,2-5,10-18H2,1H3,(H,25,29)/t20-,21-/m1/s1. The van der Waals surface area contributed by atoms with E-state index in [2.05, 4.69) is 15.1 Å². The van der Waals surface area contributed by atoms with Crippen LogP contribution in [0.3, 0.4) is 0 Å². The molecule has 2 atom stereocenters. The number of carbonyl (C=O) groups is 2. The first-order valence-corrected chi connectivity index (χ1v) is 11.7. The molecule has 2 aliphatic heterocycles. The number of likely N-dealkylation sites (tertiary alicyclic amines) is 1. The number of hydrogen-bond acceptors (Lipinski definition) is 4. The number of piperazine rings is 1. The predicted octanol–water partition coefficient (Wildman–Crippen LogP) is 2.59. The summed E-state index contributed by atoms with van der Waals surface area (Å²) in [6.45, 7) is 8.12. The molecular formula is C24H36N4O2. The third kappa shape index (κ3) is 5.61. The van der Waals surface area contributed by atoms with Crippen molar-refractivity contribution >= 4 is 17.5 Å². The Morgan fingerprint density at radius 2 is 1.57 bits per heavy atom. The first kappa shape index (κ1) is 21.3. The maximum atomic E-state index is 12.8. The minimum atomic E-state index is 0.00832. The molecule has 164 valence electrons. The summed E-state index contributed by atoms with van der Waals surface area (Å²) in [5, 5.41) is 2.96. The predicted molar refractivity (Wildman–Crippen MR) is 119 cm³/mol. The number of nitrogens with zero attached hydrogens (tertiary/aromatic N) is 3. The molecule has 2 saturated heterocycles. The quantitative estimate of drug-likeness (QED) is 0.808. The number of nitrogens with one attached hydrogen (secondary N) is 1. The lowest BCUT2D eigenvalue weighted by atomic mass is 9.75. The zero-order chi connectivity index (χ0) is 20.9. The molecule has 6 heteroatoms. The number of amides is 2. The van der Waals surface area contributed by atoms with Gasteiger partial charge in [0.25, 0.3) is 0 Å². The van der Waals surface area contributed by atoms with Crippen LogP contribution in [0.15, 0.2) is 24.3 Å². The van der Waals surface area contributed by atoms with Crippen LogP contribution in [0.2, 0.25) is 0 Å². The van der Waals surface area contributed by atoms with E-state index >= 15 is 0 Å². The number of aryl methyl sites for hydroxylation is 1. The summed E-state index contributed by atoms with van der Waals surface area (Å²) in [5.74, 6) is 1.98. The van der Waals surface area contributed by atoms with Crippen molar-refractivity contribution in [2.45, 2.75) is 39.0 Å². The Morgan fingerprint density at radius 3 is 2.30 bits per heavy atom. The Morgan fingerprint density at radius 1 is 0.867 bits per heavy atom. The molecular weight excluding hydrogens is 376 g/mol. The molecule has 1 N–H and O–H groups in total. The second-order valence-corrected chi connectivity index (χ2v) is 9.40. The molecule has 0 aromatic heterocycles. The second kappa shape index (κ2) is 9.92. The van der Waals surface area contributed by atoms with Gasteiger partial charge < -0.3 is 10.2 Å². The summed E-state index contributed by atoms with van der Waals surface area (Å²) in [6, 6.07) is 7.85. The number of fused-ring (bicyclic) bond motifs is 1. The summed E-state index contributed by atoms with van der Waals surface area (Å²) < 4.78 is 0. The van der Waals surface area contributed by atoms with Gasteiger partial charge in [-0.2, -0.15) is 0 Å². The normalized spacial score (nSPS) is 25.6. The number of carbonyl (C=O) groups excluding carboxylic acids is 2. The van der Waals surface area contributed by atoms with Crippen LogP contribution >= 0.6 is 0 Å². The van der Waals surface area contributed by atoms with Gasteiger partial charge in [0.15, 0.2) is 0 Å². The van der Waals surface area contributed by atoms with E-state index in [1.54, 1.807) is 0 Å². The summed E-state index contributed by atoms with van der Waals surface area (Å²) in [4.78, 5) is 31.6. The van der Waals surface area contributed by atoms with Gasteiger partial charge in [0.05, 0.1) is 13.1 Å². The highest BCUT2D eigenvalue weighted by molar-refractivity contribution is 5.92. The van der Waals surface area contributed by atoms with Crippen molar-refractivity contribution in [3.05, 3.63) is 29.8 Å². The fourth-order valence-electron chi connectivity index (χ4n) is 5.31. The first-order valence-electron chi connectivity index (χ1n) is 11.7. The van der Waals surface area contributed by atoms with E-state index in [0.29, 0.717) is 13.1 Å². The smallest absolute Gasteiger partial charge is 0.238 e. The highest BCUT2D eigenvalue weighted by Gasteiger charge is 2.32. The van der Waals surface area contributed by atoms with Crippen LogP contribution in [-0.2, 0) is 9.59 Å². The van der Waals surface area contributed by atoms with Gasteiger partial charge in [-0.1, -0.05) is 37.0 Å². The van der Waals surface area contributed by atoms with E-state index in [-0.39, 0.29) is 11.8 Å². The average molecular weight is 413 g/mol. The topological polar surface area (TPSA) is 55.9 Å². The maximum Gasteiger partial charge on any atom is 0.238 e. The Bertz CT molecular complexity index is 727. The molecule has 0 radical (unpaired) electrons. The zero-order valence-corrected chi connectivity index (χ0v) is 18.3. The molecule has 1 aromatic rings. The lowest BCUT2D eigenvalue weighted by Gasteiger charge is -2.42. The number of benzene rings is 1. The van der Waals surface area contributed by atoms with Crippen LogP contribution in [0.25, 0.3) is 0 Å². The minimum Gasteiger partial charge on any atom is -0.339 e. The highest BCUT2D eigenvalue weighted by atomic mass is 16.2. The molecule has 0 bridgehead atoms. The van der Waals surface area contributed by atoms with Gasteiger partial charge in [0.2, 0.25) is 11.8 Å². The summed E-state index contributed by atoms with van der Waals surface area (Å²) >= 11 is 0. The van der Waals surface area contributed by atoms with Crippen molar-refractivity contribution in [3.8, 4) is 0 Å². The second-order valence-electron chi connectivity index (χ2n) is 9.40. The highest BCUT2D eigenvalue weighted by Crippen LogP contribution is 2.35. The molecule has 3 fully saturated rings. The molecule has 1 saturated carbocycles. The van der Waals surface area contributed by atoms with Gasteiger partial charge in [-0.25, -0.2) is 0 Å². The van der Waals surface area contributed by atoms with E-state index < -0.39 is 0 Å². The van der Waals surface area contributed by atoms with Gasteiger partial charge in [0.1, 0.15) is 0 Å². The fraction of sp³-hybridized carbons (Fsp3) is 0.667. The van der Waals surface area contributed by atoms with E-state index in [4.69, 9.17) is 0 Å². The van der Waals surface area contributed by atoms with Crippen molar-refractivity contribution in [3.63, 3.8) is 0 Å². The van der Waals surface area contributed by atoms with Crippen molar-refractivity contribution in [2.24, 2.45) is 11.8 Å². The van der Waals surface area contributed by atoms with Gasteiger partial charge in [-0.15, -0.1) is 0 Å². The third-order valence-corrected chi connectivity index (χ3v) is 7.16. The molecule has 4 rings (SSSR count). The van der Waals surface area contributed by atoms with Gasteiger partial charge in [-0.3, -0.25) is 19.4 Å². The number of hydrogen-bond donors (Lipinski definition) is 1. The Balaban J connectivity index is 1.17. The lowest BCUT2D eigenvalue weighted by Crippen LogP contribution is -2.53. The molecule has 0 spiro atoms. The fourth-order valence-corrected chi connectivity index (χ4v) is 5.31. The summed E-state index contributed by atoms with van der Waals surface area (Å²) in [7, 11) is 0. The van der Waals surface area contributed by atoms with Gasteiger partial charge in [-0.05, 0) is 50.3 Å². The van der Waals surface area contributed by atoms with Crippen molar-refractivity contribution in [1.29, 1.82) is 0 Å². The van der Waals surface area contributed by atoms with Crippen LogP contribution in [-0.4, -0.2) is 78.9 Å². The molecule has 1 aliphatic carbocycles. The first-order chi connectivity index (χ1) is 14.6. The SMILES string of the molecule is Cc1ccc(NC(=O)CN2CCN(C(=O)CN3CC[C@H]4CCCC[C@@H]4C3)CC2)cc1. The third-order valence-electron chi connectivity index (χ3n) is 7.16. The monoisotopic (exact) mass is 412 g/mol. The molecule has 2 heterocycles. The number of piperidine rings is 1. The van der Waals surface area contributed by atoms with Crippen LogP contribution in [0.1, 0.15) is 37.7 Å². The molecule has 3 aliphatic rings. The maximum absolute atomic E-state index is 12.8. The van der Waals surface area contributed by atoms with Crippen LogP contribution < -0.4 is 5.32 Å². The molecule has 1 aromatic carbocycles. The van der Waals surface area contributed by atoms with Crippen molar-refractivity contribution in [1.82, 2.24) is 14.7 Å².